The molecule has 78 valence electrons. The summed E-state index contributed by atoms with van der Waals surface area (Å²) in [7, 11) is 0. The van der Waals surface area contributed by atoms with E-state index >= 15 is 0 Å². The van der Waals surface area contributed by atoms with Crippen molar-refractivity contribution < 1.29 is 9.21 Å². The lowest BCUT2D eigenvalue weighted by Crippen LogP contribution is -2.30. The number of ketones is 1. The van der Waals surface area contributed by atoms with Crippen LogP contribution in [0.15, 0.2) is 22.8 Å². The quantitative estimate of drug-likeness (QED) is 0.733. The standard InChI is InChI=1S/C11H17NO2/c1-8(2)5-6-9(12)11(13)10-4-3-7-14-10/h3-4,7-9H,5-6,12H2,1-2H3. The van der Waals surface area contributed by atoms with Crippen LogP contribution in [0.2, 0.25) is 0 Å². The molecule has 2 N–H and O–H groups in total. The molecule has 0 aliphatic rings. The van der Waals surface area contributed by atoms with Gasteiger partial charge in [0.15, 0.2) is 5.76 Å². The van der Waals surface area contributed by atoms with Crippen molar-refractivity contribution in [3.05, 3.63) is 24.2 Å². The highest BCUT2D eigenvalue weighted by Crippen LogP contribution is 2.10. The molecule has 0 amide bonds. The van der Waals surface area contributed by atoms with E-state index in [2.05, 4.69) is 13.8 Å². The van der Waals surface area contributed by atoms with Crippen LogP contribution < -0.4 is 5.73 Å². The number of furan rings is 1. The summed E-state index contributed by atoms with van der Waals surface area (Å²) in [5.41, 5.74) is 5.75. The van der Waals surface area contributed by atoms with E-state index in [-0.39, 0.29) is 5.78 Å². The Labute approximate surface area is 84.3 Å². The third-order valence-electron chi connectivity index (χ3n) is 2.16. The van der Waals surface area contributed by atoms with Crippen molar-refractivity contribution in [3.63, 3.8) is 0 Å². The first-order valence-electron chi connectivity index (χ1n) is 4.94. The topological polar surface area (TPSA) is 56.2 Å². The van der Waals surface area contributed by atoms with E-state index in [9.17, 15) is 4.79 Å². The molecule has 0 aromatic carbocycles. The van der Waals surface area contributed by atoms with Crippen molar-refractivity contribution in [2.45, 2.75) is 32.7 Å². The number of hydrogen-bond acceptors (Lipinski definition) is 3. The van der Waals surface area contributed by atoms with Crippen molar-refractivity contribution in [2.75, 3.05) is 0 Å². The van der Waals surface area contributed by atoms with Crippen LogP contribution in [-0.2, 0) is 0 Å². The summed E-state index contributed by atoms with van der Waals surface area (Å²) in [5.74, 6) is 0.836. The summed E-state index contributed by atoms with van der Waals surface area (Å²) >= 11 is 0. The summed E-state index contributed by atoms with van der Waals surface area (Å²) in [6.07, 6.45) is 3.17. The molecule has 1 unspecified atom stereocenters. The fourth-order valence-electron chi connectivity index (χ4n) is 1.25. The van der Waals surface area contributed by atoms with Crippen molar-refractivity contribution in [2.24, 2.45) is 11.7 Å². The lowest BCUT2D eigenvalue weighted by molar-refractivity contribution is 0.0927. The van der Waals surface area contributed by atoms with Crippen molar-refractivity contribution in [1.29, 1.82) is 0 Å². The lowest BCUT2D eigenvalue weighted by Gasteiger charge is -2.10. The second-order valence-electron chi connectivity index (χ2n) is 3.92. The first kappa shape index (κ1) is 11.0. The number of hydrogen-bond donors (Lipinski definition) is 1. The summed E-state index contributed by atoms with van der Waals surface area (Å²) in [5, 5.41) is 0. The highest BCUT2D eigenvalue weighted by Gasteiger charge is 2.17. The molecular formula is C11H17NO2. The Hall–Kier alpha value is -1.09. The molecule has 0 bridgehead atoms. The van der Waals surface area contributed by atoms with Gasteiger partial charge in [-0.25, -0.2) is 0 Å². The van der Waals surface area contributed by atoms with Gasteiger partial charge in [0, 0.05) is 0 Å². The number of carbonyl (C=O) groups is 1. The van der Waals surface area contributed by atoms with Crippen LogP contribution in [-0.4, -0.2) is 11.8 Å². The van der Waals surface area contributed by atoms with Crippen LogP contribution in [0.1, 0.15) is 37.2 Å². The molecule has 1 rings (SSSR count). The fourth-order valence-corrected chi connectivity index (χ4v) is 1.25. The van der Waals surface area contributed by atoms with Gasteiger partial charge < -0.3 is 10.2 Å². The molecule has 0 fully saturated rings. The van der Waals surface area contributed by atoms with E-state index in [1.807, 2.05) is 0 Å². The van der Waals surface area contributed by atoms with Gasteiger partial charge in [0.2, 0.25) is 5.78 Å². The van der Waals surface area contributed by atoms with E-state index in [1.165, 1.54) is 6.26 Å². The lowest BCUT2D eigenvalue weighted by atomic mass is 10.0. The highest BCUT2D eigenvalue weighted by atomic mass is 16.3. The molecule has 1 heterocycles. The maximum atomic E-state index is 11.6. The Balaban J connectivity index is 2.45. The molecule has 0 spiro atoms. The zero-order valence-electron chi connectivity index (χ0n) is 8.69. The summed E-state index contributed by atoms with van der Waals surface area (Å²) < 4.78 is 4.99. The minimum atomic E-state index is -0.427. The third kappa shape index (κ3) is 3.00. The summed E-state index contributed by atoms with van der Waals surface area (Å²) in [4.78, 5) is 11.6. The second-order valence-corrected chi connectivity index (χ2v) is 3.92. The van der Waals surface area contributed by atoms with Crippen molar-refractivity contribution in [3.8, 4) is 0 Å². The maximum Gasteiger partial charge on any atom is 0.214 e. The molecule has 1 atom stereocenters. The van der Waals surface area contributed by atoms with E-state index in [0.717, 1.165) is 12.8 Å². The Kier molecular flexibility index (Phi) is 3.89. The zero-order valence-corrected chi connectivity index (χ0v) is 8.69. The molecule has 0 radical (unpaired) electrons. The monoisotopic (exact) mass is 195 g/mol. The van der Waals surface area contributed by atoms with Gasteiger partial charge in [0.05, 0.1) is 12.3 Å². The van der Waals surface area contributed by atoms with E-state index in [0.29, 0.717) is 11.7 Å². The van der Waals surface area contributed by atoms with Crippen LogP contribution in [0.4, 0.5) is 0 Å². The van der Waals surface area contributed by atoms with Gasteiger partial charge in [-0.3, -0.25) is 4.79 Å². The molecule has 0 saturated carbocycles. The SMILES string of the molecule is CC(C)CCC(N)C(=O)c1ccco1. The average Bonchev–Trinajstić information content (AvgIpc) is 2.65. The Morgan fingerprint density at radius 1 is 1.50 bits per heavy atom. The van der Waals surface area contributed by atoms with E-state index in [1.54, 1.807) is 12.1 Å². The van der Waals surface area contributed by atoms with Crippen LogP contribution >= 0.6 is 0 Å². The molecule has 0 aliphatic heterocycles. The molecule has 14 heavy (non-hydrogen) atoms. The largest absolute Gasteiger partial charge is 0.461 e. The Bertz CT molecular complexity index is 277. The smallest absolute Gasteiger partial charge is 0.214 e. The minimum Gasteiger partial charge on any atom is -0.461 e. The van der Waals surface area contributed by atoms with Crippen LogP contribution in [0.5, 0.6) is 0 Å². The molecule has 3 nitrogen and oxygen atoms in total. The predicted octanol–water partition coefficient (Wildman–Crippen LogP) is 2.23. The molecule has 0 aliphatic carbocycles. The van der Waals surface area contributed by atoms with Gasteiger partial charge in [0.25, 0.3) is 0 Å². The summed E-state index contributed by atoms with van der Waals surface area (Å²) in [6.45, 7) is 4.23. The highest BCUT2D eigenvalue weighted by molar-refractivity contribution is 5.97. The third-order valence-corrected chi connectivity index (χ3v) is 2.16. The Morgan fingerprint density at radius 3 is 2.71 bits per heavy atom. The average molecular weight is 195 g/mol. The molecule has 0 saturated heterocycles. The van der Waals surface area contributed by atoms with E-state index in [4.69, 9.17) is 10.2 Å². The van der Waals surface area contributed by atoms with Crippen LogP contribution in [0.3, 0.4) is 0 Å². The van der Waals surface area contributed by atoms with Gasteiger partial charge in [-0.05, 0) is 30.9 Å². The molecule has 1 aromatic heterocycles. The Morgan fingerprint density at radius 2 is 2.21 bits per heavy atom. The fraction of sp³-hybridized carbons (Fsp3) is 0.545. The maximum absolute atomic E-state index is 11.6. The molecule has 1 aromatic rings. The number of nitrogens with two attached hydrogens (primary N) is 1. The zero-order chi connectivity index (χ0) is 10.6. The normalized spacial score (nSPS) is 13.1. The van der Waals surface area contributed by atoms with Gasteiger partial charge in [-0.15, -0.1) is 0 Å². The second kappa shape index (κ2) is 4.96. The number of carbonyl (C=O) groups excluding carboxylic acids is 1. The minimum absolute atomic E-state index is 0.101. The van der Waals surface area contributed by atoms with Gasteiger partial charge >= 0.3 is 0 Å². The molecule has 3 heteroatoms. The predicted molar refractivity (Wildman–Crippen MR) is 55.1 cm³/mol. The van der Waals surface area contributed by atoms with Gasteiger partial charge in [0.1, 0.15) is 0 Å². The van der Waals surface area contributed by atoms with E-state index < -0.39 is 6.04 Å². The first-order valence-corrected chi connectivity index (χ1v) is 4.94. The molecular weight excluding hydrogens is 178 g/mol. The van der Waals surface area contributed by atoms with Gasteiger partial charge in [-0.2, -0.15) is 0 Å². The van der Waals surface area contributed by atoms with Crippen LogP contribution in [0.25, 0.3) is 0 Å². The number of Topliss-reactive ketones (excluding diaryl/α,β-unsaturated/α-hetero) is 1. The van der Waals surface area contributed by atoms with Crippen molar-refractivity contribution in [1.82, 2.24) is 0 Å². The van der Waals surface area contributed by atoms with Gasteiger partial charge in [-0.1, -0.05) is 13.8 Å². The number of rotatable bonds is 5. The first-order chi connectivity index (χ1) is 6.61. The van der Waals surface area contributed by atoms with Crippen LogP contribution in [0, 0.1) is 5.92 Å². The van der Waals surface area contributed by atoms with Crippen molar-refractivity contribution >= 4 is 5.78 Å². The summed E-state index contributed by atoms with van der Waals surface area (Å²) in [6, 6.07) is 2.92.